The number of nitrogens with zero attached hydrogens (tertiary/aromatic N) is 2. The highest BCUT2D eigenvalue weighted by atomic mass is 32.2. The van der Waals surface area contributed by atoms with Gasteiger partial charge < -0.3 is 4.42 Å². The molecule has 0 fully saturated rings. The minimum absolute atomic E-state index is 0.203. The topological polar surface area (TPSA) is 92.5 Å². The van der Waals surface area contributed by atoms with E-state index in [-0.39, 0.29) is 18.2 Å². The maximum atomic E-state index is 13.0. The summed E-state index contributed by atoms with van der Waals surface area (Å²) in [6, 6.07) is 10.3. The van der Waals surface area contributed by atoms with Crippen LogP contribution in [0.25, 0.3) is 0 Å². The number of anilines is 1. The molecule has 1 aromatic carbocycles. The first kappa shape index (κ1) is 19.8. The number of benzene rings is 1. The molecule has 0 bridgehead atoms. The van der Waals surface area contributed by atoms with Crippen molar-refractivity contribution in [1.82, 2.24) is 9.29 Å². The quantitative estimate of drug-likeness (QED) is 0.643. The number of amides is 1. The zero-order valence-corrected chi connectivity index (χ0v) is 17.6. The molecule has 7 nitrogen and oxygen atoms in total. The molecule has 3 heterocycles. The lowest BCUT2D eigenvalue weighted by Gasteiger charge is -2.25. The van der Waals surface area contributed by atoms with Gasteiger partial charge >= 0.3 is 0 Å². The number of hydrogen-bond acceptors (Lipinski definition) is 6. The first-order valence-corrected chi connectivity index (χ1v) is 11.7. The van der Waals surface area contributed by atoms with E-state index in [9.17, 15) is 13.2 Å². The molecule has 1 N–H and O–H groups in total. The maximum absolute atomic E-state index is 13.0. The summed E-state index contributed by atoms with van der Waals surface area (Å²) in [5.41, 5.74) is 1.96. The highest BCUT2D eigenvalue weighted by Gasteiger charge is 2.30. The van der Waals surface area contributed by atoms with E-state index in [1.54, 1.807) is 24.3 Å². The van der Waals surface area contributed by atoms with E-state index < -0.39 is 10.0 Å². The van der Waals surface area contributed by atoms with Crippen LogP contribution in [0.15, 0.2) is 52.0 Å². The Bertz CT molecular complexity index is 1100. The summed E-state index contributed by atoms with van der Waals surface area (Å²) in [5.74, 6) is -0.174. The summed E-state index contributed by atoms with van der Waals surface area (Å²) >= 11 is 1.29. The van der Waals surface area contributed by atoms with E-state index in [1.165, 1.54) is 21.9 Å². The van der Waals surface area contributed by atoms with Gasteiger partial charge in [0.15, 0.2) is 10.9 Å². The van der Waals surface area contributed by atoms with Crippen molar-refractivity contribution in [2.45, 2.75) is 37.6 Å². The highest BCUT2D eigenvalue weighted by Crippen LogP contribution is 2.31. The van der Waals surface area contributed by atoms with E-state index in [0.29, 0.717) is 23.0 Å². The summed E-state index contributed by atoms with van der Waals surface area (Å²) in [5, 5.41) is 3.16. The second-order valence-corrected chi connectivity index (χ2v) is 9.82. The number of rotatable bonds is 6. The lowest BCUT2D eigenvalue weighted by Crippen LogP contribution is -2.35. The SMILES string of the molecule is CCCc1ccc(S(=O)(=O)N2CCc3nc(NC(=O)c4ccco4)sc3C2)cc1. The van der Waals surface area contributed by atoms with Gasteiger partial charge in [0.2, 0.25) is 10.0 Å². The van der Waals surface area contributed by atoms with E-state index >= 15 is 0 Å². The summed E-state index contributed by atoms with van der Waals surface area (Å²) in [7, 11) is -3.58. The lowest BCUT2D eigenvalue weighted by atomic mass is 10.1. The van der Waals surface area contributed by atoms with Crippen LogP contribution < -0.4 is 5.32 Å². The van der Waals surface area contributed by atoms with Gasteiger partial charge in [0.05, 0.1) is 23.4 Å². The number of nitrogens with one attached hydrogen (secondary N) is 1. The first-order valence-electron chi connectivity index (χ1n) is 9.40. The normalized spacial score (nSPS) is 14.5. The summed E-state index contributed by atoms with van der Waals surface area (Å²) in [4.78, 5) is 17.7. The first-order chi connectivity index (χ1) is 14.0. The molecule has 0 aliphatic carbocycles. The van der Waals surface area contributed by atoms with Crippen molar-refractivity contribution >= 4 is 32.4 Å². The zero-order valence-electron chi connectivity index (χ0n) is 15.9. The zero-order chi connectivity index (χ0) is 20.4. The number of sulfonamides is 1. The number of hydrogen-bond donors (Lipinski definition) is 1. The van der Waals surface area contributed by atoms with Crippen molar-refractivity contribution in [3.05, 3.63) is 64.6 Å². The Morgan fingerprint density at radius 3 is 2.76 bits per heavy atom. The summed E-state index contributed by atoms with van der Waals surface area (Å²) in [6.45, 7) is 2.71. The molecule has 0 unspecified atom stereocenters. The van der Waals surface area contributed by atoms with Crippen LogP contribution in [0.3, 0.4) is 0 Å². The Hall–Kier alpha value is -2.49. The highest BCUT2D eigenvalue weighted by molar-refractivity contribution is 7.89. The summed E-state index contributed by atoms with van der Waals surface area (Å²) in [6.07, 6.45) is 3.89. The number of thiazole rings is 1. The Morgan fingerprint density at radius 2 is 2.07 bits per heavy atom. The van der Waals surface area contributed by atoms with Gasteiger partial charge in [-0.2, -0.15) is 4.31 Å². The van der Waals surface area contributed by atoms with Crippen LogP contribution >= 0.6 is 11.3 Å². The third kappa shape index (κ3) is 4.12. The van der Waals surface area contributed by atoms with Crippen molar-refractivity contribution in [2.75, 3.05) is 11.9 Å². The molecule has 0 radical (unpaired) electrons. The van der Waals surface area contributed by atoms with Gasteiger partial charge in [0.1, 0.15) is 0 Å². The van der Waals surface area contributed by atoms with Crippen LogP contribution in [0.5, 0.6) is 0 Å². The van der Waals surface area contributed by atoms with Gasteiger partial charge in [-0.1, -0.05) is 25.5 Å². The van der Waals surface area contributed by atoms with Crippen LogP contribution in [0.1, 0.15) is 40.0 Å². The summed E-state index contributed by atoms with van der Waals surface area (Å²) < 4.78 is 32.6. The fourth-order valence-electron chi connectivity index (χ4n) is 3.26. The smallest absolute Gasteiger partial charge is 0.293 e. The van der Waals surface area contributed by atoms with Gasteiger partial charge in [-0.15, -0.1) is 11.3 Å². The van der Waals surface area contributed by atoms with Crippen molar-refractivity contribution in [3.8, 4) is 0 Å². The van der Waals surface area contributed by atoms with Crippen LogP contribution in [-0.4, -0.2) is 30.2 Å². The molecule has 3 aromatic rings. The standard InChI is InChI=1S/C20H21N3O4S2/c1-2-4-14-6-8-15(9-7-14)29(25,26)23-11-10-16-18(13-23)28-20(21-16)22-19(24)17-5-3-12-27-17/h3,5-9,12H,2,4,10-11,13H2,1H3,(H,21,22,24). The Balaban J connectivity index is 1.49. The molecular weight excluding hydrogens is 410 g/mol. The lowest BCUT2D eigenvalue weighted by molar-refractivity contribution is 0.0996. The predicted octanol–water partition coefficient (Wildman–Crippen LogP) is 3.69. The number of aromatic nitrogens is 1. The average molecular weight is 432 g/mol. The Kier molecular flexibility index (Phi) is 5.53. The van der Waals surface area contributed by atoms with E-state index in [1.807, 2.05) is 12.1 Å². The van der Waals surface area contributed by atoms with Gasteiger partial charge in [-0.3, -0.25) is 10.1 Å². The molecule has 2 aromatic heterocycles. The number of aryl methyl sites for hydroxylation is 1. The molecule has 1 amide bonds. The van der Waals surface area contributed by atoms with Crippen molar-refractivity contribution < 1.29 is 17.6 Å². The Labute approximate surface area is 173 Å². The molecule has 0 saturated heterocycles. The van der Waals surface area contributed by atoms with Crippen molar-refractivity contribution in [2.24, 2.45) is 0 Å². The van der Waals surface area contributed by atoms with Gasteiger partial charge in [-0.05, 0) is 36.2 Å². The van der Waals surface area contributed by atoms with E-state index in [0.717, 1.165) is 29.0 Å². The fraction of sp³-hybridized carbons (Fsp3) is 0.300. The van der Waals surface area contributed by atoms with Gasteiger partial charge in [-0.25, -0.2) is 13.4 Å². The predicted molar refractivity (Wildman–Crippen MR) is 111 cm³/mol. The number of carbonyl (C=O) groups is 1. The van der Waals surface area contributed by atoms with Crippen LogP contribution in [-0.2, 0) is 29.4 Å². The molecule has 29 heavy (non-hydrogen) atoms. The van der Waals surface area contributed by atoms with Gasteiger partial charge in [0.25, 0.3) is 5.91 Å². The third-order valence-electron chi connectivity index (χ3n) is 4.76. The van der Waals surface area contributed by atoms with Crippen molar-refractivity contribution in [3.63, 3.8) is 0 Å². The van der Waals surface area contributed by atoms with Crippen molar-refractivity contribution in [1.29, 1.82) is 0 Å². The molecule has 0 atom stereocenters. The molecule has 9 heteroatoms. The second-order valence-electron chi connectivity index (χ2n) is 6.80. The number of carbonyl (C=O) groups excluding carboxylic acids is 1. The number of fused-ring (bicyclic) bond motifs is 1. The molecular formula is C20H21N3O4S2. The van der Waals surface area contributed by atoms with Crippen LogP contribution in [0.4, 0.5) is 5.13 Å². The Morgan fingerprint density at radius 1 is 1.28 bits per heavy atom. The fourth-order valence-corrected chi connectivity index (χ4v) is 5.77. The second kappa shape index (κ2) is 8.10. The minimum Gasteiger partial charge on any atom is -0.459 e. The minimum atomic E-state index is -3.58. The molecule has 0 spiro atoms. The third-order valence-corrected chi connectivity index (χ3v) is 7.62. The van der Waals surface area contributed by atoms with Crippen LogP contribution in [0, 0.1) is 0 Å². The molecule has 4 rings (SSSR count). The maximum Gasteiger partial charge on any atom is 0.293 e. The largest absolute Gasteiger partial charge is 0.459 e. The molecule has 0 saturated carbocycles. The van der Waals surface area contributed by atoms with E-state index in [4.69, 9.17) is 4.42 Å². The average Bonchev–Trinajstić information content (AvgIpc) is 3.37. The molecule has 152 valence electrons. The van der Waals surface area contributed by atoms with Crippen LogP contribution in [0.2, 0.25) is 0 Å². The van der Waals surface area contributed by atoms with E-state index in [2.05, 4.69) is 17.2 Å². The van der Waals surface area contributed by atoms with Gasteiger partial charge in [0, 0.05) is 17.8 Å². The number of furan rings is 1. The monoisotopic (exact) mass is 431 g/mol. The molecule has 1 aliphatic heterocycles. The molecule has 1 aliphatic rings.